The predicted molar refractivity (Wildman–Crippen MR) is 76.7 cm³/mol. The first-order valence-corrected chi connectivity index (χ1v) is 7.58. The minimum absolute atomic E-state index is 0.256. The molecule has 3 rings (SSSR count). The number of halogens is 1. The Morgan fingerprint density at radius 3 is 3.15 bits per heavy atom. The van der Waals surface area contributed by atoms with E-state index in [4.69, 9.17) is 4.74 Å². The summed E-state index contributed by atoms with van der Waals surface area (Å²) in [5.74, 6) is 0.578. The molecule has 1 aliphatic heterocycles. The van der Waals surface area contributed by atoms with E-state index < -0.39 is 0 Å². The molecule has 1 saturated heterocycles. The van der Waals surface area contributed by atoms with Gasteiger partial charge < -0.3 is 9.64 Å². The summed E-state index contributed by atoms with van der Waals surface area (Å²) in [5, 5.41) is 2.59. The topological polar surface area (TPSA) is 38.2 Å². The van der Waals surface area contributed by atoms with Crippen LogP contribution >= 0.6 is 11.3 Å². The minimum atomic E-state index is -0.256. The van der Waals surface area contributed by atoms with Crippen molar-refractivity contribution >= 4 is 17.2 Å². The average molecular weight is 293 g/mol. The molecule has 2 aromatic heterocycles. The van der Waals surface area contributed by atoms with Crippen molar-refractivity contribution in [1.82, 2.24) is 9.97 Å². The van der Waals surface area contributed by atoms with Crippen LogP contribution < -0.4 is 9.64 Å². The summed E-state index contributed by atoms with van der Waals surface area (Å²) in [7, 11) is 0. The first kappa shape index (κ1) is 13.3. The van der Waals surface area contributed by atoms with E-state index in [-0.39, 0.29) is 5.82 Å². The van der Waals surface area contributed by atoms with Gasteiger partial charge in [0.2, 0.25) is 0 Å². The molecule has 0 bridgehead atoms. The van der Waals surface area contributed by atoms with Crippen molar-refractivity contribution in [2.24, 2.45) is 5.92 Å². The summed E-state index contributed by atoms with van der Waals surface area (Å²) >= 11 is 1.49. The van der Waals surface area contributed by atoms with Gasteiger partial charge in [-0.1, -0.05) is 11.3 Å². The van der Waals surface area contributed by atoms with Crippen molar-refractivity contribution in [3.8, 4) is 5.19 Å². The van der Waals surface area contributed by atoms with E-state index >= 15 is 0 Å². The molecule has 1 unspecified atom stereocenters. The maximum Gasteiger partial charge on any atom is 0.273 e. The SMILES string of the molecule is Fc1cccnc1N1CCCC(COc2nccs2)C1. The second-order valence-corrected chi connectivity index (χ2v) is 5.73. The van der Waals surface area contributed by atoms with Gasteiger partial charge in [0, 0.05) is 36.8 Å². The number of hydrogen-bond donors (Lipinski definition) is 0. The van der Waals surface area contributed by atoms with E-state index in [0.29, 0.717) is 23.5 Å². The van der Waals surface area contributed by atoms with Gasteiger partial charge in [0.05, 0.1) is 6.61 Å². The van der Waals surface area contributed by atoms with Crippen LogP contribution in [0.4, 0.5) is 10.2 Å². The van der Waals surface area contributed by atoms with E-state index in [2.05, 4.69) is 9.97 Å². The van der Waals surface area contributed by atoms with Crippen LogP contribution in [0, 0.1) is 11.7 Å². The zero-order chi connectivity index (χ0) is 13.8. The fourth-order valence-corrected chi connectivity index (χ4v) is 2.97. The lowest BCUT2D eigenvalue weighted by molar-refractivity contribution is 0.227. The molecule has 0 N–H and O–H groups in total. The Kier molecular flexibility index (Phi) is 4.11. The van der Waals surface area contributed by atoms with E-state index in [1.54, 1.807) is 18.5 Å². The molecule has 4 nitrogen and oxygen atoms in total. The highest BCUT2D eigenvalue weighted by Crippen LogP contribution is 2.24. The van der Waals surface area contributed by atoms with Gasteiger partial charge >= 0.3 is 0 Å². The lowest BCUT2D eigenvalue weighted by Gasteiger charge is -2.33. The third-order valence-electron chi connectivity index (χ3n) is 3.41. The van der Waals surface area contributed by atoms with Gasteiger partial charge in [0.1, 0.15) is 0 Å². The molecule has 0 radical (unpaired) electrons. The van der Waals surface area contributed by atoms with E-state index in [9.17, 15) is 4.39 Å². The fraction of sp³-hybridized carbons (Fsp3) is 0.429. The number of ether oxygens (including phenoxy) is 1. The van der Waals surface area contributed by atoms with Crippen molar-refractivity contribution in [2.45, 2.75) is 12.8 Å². The quantitative estimate of drug-likeness (QED) is 0.868. The monoisotopic (exact) mass is 293 g/mol. The molecule has 1 aliphatic rings. The highest BCUT2D eigenvalue weighted by Gasteiger charge is 2.23. The van der Waals surface area contributed by atoms with Crippen LogP contribution in [-0.4, -0.2) is 29.7 Å². The van der Waals surface area contributed by atoms with Crippen molar-refractivity contribution in [3.05, 3.63) is 35.7 Å². The zero-order valence-corrected chi connectivity index (χ0v) is 11.9. The van der Waals surface area contributed by atoms with Gasteiger partial charge in [0.25, 0.3) is 5.19 Å². The molecule has 6 heteroatoms. The molecule has 2 aromatic rings. The largest absolute Gasteiger partial charge is 0.470 e. The molecule has 106 valence electrons. The molecular formula is C14H16FN3OS. The number of piperidine rings is 1. The first-order chi connectivity index (χ1) is 9.83. The Labute approximate surface area is 121 Å². The smallest absolute Gasteiger partial charge is 0.273 e. The molecule has 0 saturated carbocycles. The normalized spacial score (nSPS) is 19.1. The highest BCUT2D eigenvalue weighted by atomic mass is 32.1. The van der Waals surface area contributed by atoms with Crippen molar-refractivity contribution in [2.75, 3.05) is 24.6 Å². The van der Waals surface area contributed by atoms with Gasteiger partial charge in [-0.05, 0) is 25.0 Å². The third-order valence-corrected chi connectivity index (χ3v) is 4.09. The Morgan fingerprint density at radius 2 is 2.35 bits per heavy atom. The average Bonchev–Trinajstić information content (AvgIpc) is 2.99. The molecule has 3 heterocycles. The van der Waals surface area contributed by atoms with Crippen LogP contribution in [0.3, 0.4) is 0 Å². The predicted octanol–water partition coefficient (Wildman–Crippen LogP) is 2.97. The summed E-state index contributed by atoms with van der Waals surface area (Å²) in [5.41, 5.74) is 0. The van der Waals surface area contributed by atoms with Crippen molar-refractivity contribution in [1.29, 1.82) is 0 Å². The molecular weight excluding hydrogens is 277 g/mol. The van der Waals surface area contributed by atoms with E-state index in [1.165, 1.54) is 17.4 Å². The number of rotatable bonds is 4. The van der Waals surface area contributed by atoms with Crippen LogP contribution in [-0.2, 0) is 0 Å². The van der Waals surface area contributed by atoms with Gasteiger partial charge in [-0.3, -0.25) is 0 Å². The summed E-state index contributed by atoms with van der Waals surface area (Å²) in [6, 6.07) is 3.07. The molecule has 1 atom stereocenters. The second-order valence-electron chi connectivity index (χ2n) is 4.87. The number of aromatic nitrogens is 2. The van der Waals surface area contributed by atoms with Crippen LogP contribution in [0.15, 0.2) is 29.9 Å². The van der Waals surface area contributed by atoms with Gasteiger partial charge in [-0.2, -0.15) is 0 Å². The maximum atomic E-state index is 13.8. The fourth-order valence-electron chi connectivity index (χ4n) is 2.47. The minimum Gasteiger partial charge on any atom is -0.470 e. The summed E-state index contributed by atoms with van der Waals surface area (Å²) < 4.78 is 19.4. The number of nitrogens with zero attached hydrogens (tertiary/aromatic N) is 3. The lowest BCUT2D eigenvalue weighted by atomic mass is 9.99. The molecule has 0 aliphatic carbocycles. The first-order valence-electron chi connectivity index (χ1n) is 6.70. The molecule has 1 fully saturated rings. The molecule has 0 amide bonds. The number of anilines is 1. The van der Waals surface area contributed by atoms with Crippen molar-refractivity contribution < 1.29 is 9.13 Å². The second kappa shape index (κ2) is 6.17. The number of pyridine rings is 1. The Hall–Kier alpha value is -1.69. The lowest BCUT2D eigenvalue weighted by Crippen LogP contribution is -2.38. The standard InChI is InChI=1S/C14H16FN3OS/c15-12-4-1-5-16-13(12)18-7-2-3-11(9-18)10-19-14-17-6-8-20-14/h1,4-6,8,11H,2-3,7,9-10H2. The summed E-state index contributed by atoms with van der Waals surface area (Å²) in [6.07, 6.45) is 5.49. The maximum absolute atomic E-state index is 13.8. The summed E-state index contributed by atoms with van der Waals surface area (Å²) in [6.45, 7) is 2.25. The zero-order valence-electron chi connectivity index (χ0n) is 11.0. The van der Waals surface area contributed by atoms with Crippen LogP contribution in [0.25, 0.3) is 0 Å². The number of hydrogen-bond acceptors (Lipinski definition) is 5. The summed E-state index contributed by atoms with van der Waals surface area (Å²) in [4.78, 5) is 10.3. The highest BCUT2D eigenvalue weighted by molar-refractivity contribution is 7.11. The van der Waals surface area contributed by atoms with Gasteiger partial charge in [-0.15, -0.1) is 0 Å². The molecule has 0 spiro atoms. The third kappa shape index (κ3) is 3.07. The van der Waals surface area contributed by atoms with Crippen LogP contribution in [0.5, 0.6) is 5.19 Å². The number of thiazole rings is 1. The van der Waals surface area contributed by atoms with Gasteiger partial charge in [0.15, 0.2) is 11.6 Å². The van der Waals surface area contributed by atoms with Gasteiger partial charge in [-0.25, -0.2) is 14.4 Å². The van der Waals surface area contributed by atoms with Crippen LogP contribution in [0.2, 0.25) is 0 Å². The van der Waals surface area contributed by atoms with E-state index in [0.717, 1.165) is 25.9 Å². The van der Waals surface area contributed by atoms with Crippen LogP contribution in [0.1, 0.15) is 12.8 Å². The Balaban J connectivity index is 1.60. The Morgan fingerprint density at radius 1 is 1.40 bits per heavy atom. The van der Waals surface area contributed by atoms with E-state index in [1.807, 2.05) is 10.3 Å². The molecule has 0 aromatic carbocycles. The molecule has 20 heavy (non-hydrogen) atoms. The Bertz CT molecular complexity index is 549. The van der Waals surface area contributed by atoms with Crippen molar-refractivity contribution in [3.63, 3.8) is 0 Å².